The van der Waals surface area contributed by atoms with Crippen LogP contribution in [0.3, 0.4) is 0 Å². The normalized spacial score (nSPS) is 15.7. The van der Waals surface area contributed by atoms with Crippen LogP contribution in [0.25, 0.3) is 11.1 Å². The number of aryl methyl sites for hydroxylation is 2. The van der Waals surface area contributed by atoms with Gasteiger partial charge in [0.15, 0.2) is 0 Å². The van der Waals surface area contributed by atoms with Crippen LogP contribution in [0.5, 0.6) is 0 Å². The molecule has 1 saturated heterocycles. The quantitative estimate of drug-likeness (QED) is 0.599. The largest absolute Gasteiger partial charge is 0.378 e. The molecule has 1 N–H and O–H groups in total. The second kappa shape index (κ2) is 9.06. The number of rotatable bonds is 5. The van der Waals surface area contributed by atoms with E-state index < -0.39 is 0 Å². The van der Waals surface area contributed by atoms with Gasteiger partial charge in [-0.2, -0.15) is 4.98 Å². The van der Waals surface area contributed by atoms with E-state index in [9.17, 15) is 4.79 Å². The highest BCUT2D eigenvalue weighted by atomic mass is 16.5. The zero-order valence-electron chi connectivity index (χ0n) is 20.3. The molecule has 3 aromatic rings. The van der Waals surface area contributed by atoms with Crippen molar-refractivity contribution < 1.29 is 9.53 Å². The van der Waals surface area contributed by atoms with E-state index in [4.69, 9.17) is 14.7 Å². The number of nitrogens with one attached hydrogen (secondary N) is 1. The van der Waals surface area contributed by atoms with Gasteiger partial charge in [0, 0.05) is 30.4 Å². The first-order valence-electron chi connectivity index (χ1n) is 11.9. The lowest BCUT2D eigenvalue weighted by Crippen LogP contribution is -2.37. The minimum Gasteiger partial charge on any atom is -0.378 e. The second-order valence-corrected chi connectivity index (χ2v) is 9.33. The smallest absolute Gasteiger partial charge is 0.273 e. The van der Waals surface area contributed by atoms with Gasteiger partial charge in [0.2, 0.25) is 5.95 Å². The molecule has 34 heavy (non-hydrogen) atoms. The predicted octanol–water partition coefficient (Wildman–Crippen LogP) is 4.70. The summed E-state index contributed by atoms with van der Waals surface area (Å²) in [5.74, 6) is 1.24. The van der Waals surface area contributed by atoms with Crippen molar-refractivity contribution in [1.29, 1.82) is 0 Å². The van der Waals surface area contributed by atoms with Crippen LogP contribution in [0.2, 0.25) is 0 Å². The number of nitrogens with zero attached hydrogens (tertiary/aromatic N) is 4. The zero-order chi connectivity index (χ0) is 23.8. The van der Waals surface area contributed by atoms with Crippen LogP contribution < -0.4 is 10.2 Å². The highest BCUT2D eigenvalue weighted by Crippen LogP contribution is 2.33. The lowest BCUT2D eigenvalue weighted by atomic mass is 10.0. The molecule has 1 aromatic heterocycles. The van der Waals surface area contributed by atoms with E-state index in [1.807, 2.05) is 18.7 Å². The molecular weight excluding hydrogens is 426 g/mol. The highest BCUT2D eigenvalue weighted by Gasteiger charge is 2.35. The van der Waals surface area contributed by atoms with Gasteiger partial charge in [-0.05, 0) is 62.1 Å². The average molecular weight is 458 g/mol. The minimum absolute atomic E-state index is 0.0324. The molecule has 0 unspecified atom stereocenters. The van der Waals surface area contributed by atoms with E-state index in [0.29, 0.717) is 50.3 Å². The molecule has 0 radical (unpaired) electrons. The van der Waals surface area contributed by atoms with Crippen LogP contribution in [-0.4, -0.2) is 53.1 Å². The van der Waals surface area contributed by atoms with Gasteiger partial charge < -0.3 is 19.9 Å². The number of anilines is 3. The third-order valence-electron chi connectivity index (χ3n) is 6.69. The van der Waals surface area contributed by atoms with Crippen molar-refractivity contribution in [2.24, 2.45) is 0 Å². The fourth-order valence-corrected chi connectivity index (χ4v) is 4.41. The molecular formula is C27H31N5O2. The Balaban J connectivity index is 1.47. The number of morpholine rings is 1. The highest BCUT2D eigenvalue weighted by molar-refractivity contribution is 5.98. The lowest BCUT2D eigenvalue weighted by molar-refractivity contribution is 0.0726. The van der Waals surface area contributed by atoms with Crippen LogP contribution in [0.1, 0.15) is 41.0 Å². The summed E-state index contributed by atoms with van der Waals surface area (Å²) < 4.78 is 5.48. The van der Waals surface area contributed by atoms with Crippen molar-refractivity contribution >= 4 is 23.4 Å². The lowest BCUT2D eigenvalue weighted by Gasteiger charge is -2.27. The first-order valence-corrected chi connectivity index (χ1v) is 11.9. The van der Waals surface area contributed by atoms with Crippen molar-refractivity contribution in [2.45, 2.75) is 40.3 Å². The number of carbonyl (C=O) groups excluding carboxylic acids is 1. The molecule has 0 atom stereocenters. The van der Waals surface area contributed by atoms with Gasteiger partial charge in [-0.15, -0.1) is 0 Å². The van der Waals surface area contributed by atoms with Crippen molar-refractivity contribution in [3.8, 4) is 11.1 Å². The van der Waals surface area contributed by atoms with Gasteiger partial charge in [0.05, 0.1) is 19.8 Å². The van der Waals surface area contributed by atoms with Crippen LogP contribution in [0, 0.1) is 13.8 Å². The number of hydrogen-bond donors (Lipinski definition) is 1. The number of amides is 1. The molecule has 176 valence electrons. The fraction of sp³-hybridized carbons (Fsp3) is 0.370. The van der Waals surface area contributed by atoms with Crippen LogP contribution in [0.15, 0.2) is 42.5 Å². The van der Waals surface area contributed by atoms with Crippen LogP contribution in [0.4, 0.5) is 17.5 Å². The van der Waals surface area contributed by atoms with Gasteiger partial charge in [-0.1, -0.05) is 30.3 Å². The molecule has 2 aromatic carbocycles. The summed E-state index contributed by atoms with van der Waals surface area (Å²) in [5, 5.41) is 3.48. The first-order chi connectivity index (χ1) is 16.4. The first kappa shape index (κ1) is 22.3. The maximum absolute atomic E-state index is 13.1. The van der Waals surface area contributed by atoms with Gasteiger partial charge in [-0.3, -0.25) is 4.79 Å². The molecule has 0 spiro atoms. The van der Waals surface area contributed by atoms with Crippen molar-refractivity contribution in [3.63, 3.8) is 0 Å². The zero-order valence-corrected chi connectivity index (χ0v) is 20.3. The molecule has 0 aliphatic carbocycles. The van der Waals surface area contributed by atoms with E-state index in [1.165, 1.54) is 16.7 Å². The summed E-state index contributed by atoms with van der Waals surface area (Å²) in [6.45, 7) is 11.5. The summed E-state index contributed by atoms with van der Waals surface area (Å²) in [7, 11) is 0. The molecule has 0 bridgehead atoms. The van der Waals surface area contributed by atoms with Crippen LogP contribution in [-0.2, 0) is 11.3 Å². The Morgan fingerprint density at radius 3 is 2.32 bits per heavy atom. The van der Waals surface area contributed by atoms with E-state index in [0.717, 1.165) is 16.8 Å². The third kappa shape index (κ3) is 4.23. The molecule has 1 fully saturated rings. The topological polar surface area (TPSA) is 70.6 Å². The average Bonchev–Trinajstić information content (AvgIpc) is 3.19. The third-order valence-corrected chi connectivity index (χ3v) is 6.69. The number of aromatic nitrogens is 2. The minimum atomic E-state index is -0.0324. The molecule has 2 aliphatic rings. The number of hydrogen-bond acceptors (Lipinski definition) is 6. The molecule has 3 heterocycles. The van der Waals surface area contributed by atoms with Gasteiger partial charge in [0.1, 0.15) is 11.5 Å². The van der Waals surface area contributed by atoms with Crippen molar-refractivity contribution in [3.05, 3.63) is 64.8 Å². The Labute approximate surface area is 200 Å². The number of ether oxygens (including phenoxy) is 1. The van der Waals surface area contributed by atoms with Gasteiger partial charge >= 0.3 is 0 Å². The van der Waals surface area contributed by atoms with Crippen LogP contribution >= 0.6 is 0 Å². The molecule has 1 amide bonds. The SMILES string of the molecule is Cc1ccc(-c2ccc(Nc3nc(N4CCOCC4)nc4c3CN(C(C)C)C4=O)cc2)cc1C. The molecule has 7 nitrogen and oxygen atoms in total. The summed E-state index contributed by atoms with van der Waals surface area (Å²) in [5.41, 5.74) is 7.22. The summed E-state index contributed by atoms with van der Waals surface area (Å²) in [6, 6.07) is 15.0. The Morgan fingerprint density at radius 1 is 0.941 bits per heavy atom. The Bertz CT molecular complexity index is 1220. The van der Waals surface area contributed by atoms with Gasteiger partial charge in [0.25, 0.3) is 5.91 Å². The van der Waals surface area contributed by atoms with Gasteiger partial charge in [-0.25, -0.2) is 4.98 Å². The van der Waals surface area contributed by atoms with E-state index >= 15 is 0 Å². The monoisotopic (exact) mass is 457 g/mol. The van der Waals surface area contributed by atoms with E-state index in [-0.39, 0.29) is 11.9 Å². The standard InChI is InChI=1S/C27H31N5O2/c1-17(2)32-16-23-24(26(32)33)29-27(31-11-13-34-14-12-31)30-25(23)28-22-9-7-20(8-10-22)21-6-5-18(3)19(4)15-21/h5-10,15,17H,11-14,16H2,1-4H3,(H,28,29,30). The molecule has 2 aliphatic heterocycles. The summed E-state index contributed by atoms with van der Waals surface area (Å²) >= 11 is 0. The summed E-state index contributed by atoms with van der Waals surface area (Å²) in [4.78, 5) is 26.6. The molecule has 0 saturated carbocycles. The predicted molar refractivity (Wildman–Crippen MR) is 135 cm³/mol. The Morgan fingerprint density at radius 2 is 1.65 bits per heavy atom. The van der Waals surface area contributed by atoms with Crippen molar-refractivity contribution in [2.75, 3.05) is 36.5 Å². The molecule has 7 heteroatoms. The maximum atomic E-state index is 13.1. The Hall–Kier alpha value is -3.45. The fourth-order valence-electron chi connectivity index (χ4n) is 4.41. The number of benzene rings is 2. The second-order valence-electron chi connectivity index (χ2n) is 9.33. The van der Waals surface area contributed by atoms with Crippen molar-refractivity contribution in [1.82, 2.24) is 14.9 Å². The number of carbonyl (C=O) groups is 1. The van der Waals surface area contributed by atoms with E-state index in [1.54, 1.807) is 0 Å². The Kier molecular flexibility index (Phi) is 5.96. The van der Waals surface area contributed by atoms with E-state index in [2.05, 4.69) is 66.5 Å². The number of fused-ring (bicyclic) bond motifs is 1. The molecule has 5 rings (SSSR count). The summed E-state index contributed by atoms with van der Waals surface area (Å²) in [6.07, 6.45) is 0. The maximum Gasteiger partial charge on any atom is 0.273 e.